The monoisotopic (exact) mass is 319 g/mol. The summed E-state index contributed by atoms with van der Waals surface area (Å²) in [7, 11) is 0. The molecule has 2 rings (SSSR count). The summed E-state index contributed by atoms with van der Waals surface area (Å²) in [5.74, 6) is 0. The molecule has 2 aromatic rings. The van der Waals surface area contributed by atoms with E-state index in [2.05, 4.69) is 56.3 Å². The summed E-state index contributed by atoms with van der Waals surface area (Å²) in [5.41, 5.74) is 3.47. The van der Waals surface area contributed by atoms with Gasteiger partial charge in [-0.3, -0.25) is 9.97 Å². The van der Waals surface area contributed by atoms with E-state index in [0.29, 0.717) is 0 Å². The normalized spacial score (nSPS) is 12.4. The van der Waals surface area contributed by atoms with Crippen molar-refractivity contribution in [2.75, 3.05) is 6.54 Å². The molecule has 19 heavy (non-hydrogen) atoms. The van der Waals surface area contributed by atoms with E-state index in [-0.39, 0.29) is 6.04 Å². The Labute approximate surface area is 122 Å². The van der Waals surface area contributed by atoms with Gasteiger partial charge < -0.3 is 5.32 Å². The van der Waals surface area contributed by atoms with Gasteiger partial charge >= 0.3 is 0 Å². The zero-order chi connectivity index (χ0) is 13.7. The molecule has 1 N–H and O–H groups in total. The molecule has 100 valence electrons. The van der Waals surface area contributed by atoms with Crippen LogP contribution in [0.5, 0.6) is 0 Å². The van der Waals surface area contributed by atoms with Gasteiger partial charge in [0.05, 0.1) is 0 Å². The van der Waals surface area contributed by atoms with E-state index in [0.717, 1.165) is 23.1 Å². The Morgan fingerprint density at radius 1 is 1.26 bits per heavy atom. The molecule has 0 radical (unpaired) electrons. The summed E-state index contributed by atoms with van der Waals surface area (Å²) < 4.78 is 1.02. The summed E-state index contributed by atoms with van der Waals surface area (Å²) >= 11 is 3.46. The van der Waals surface area contributed by atoms with Gasteiger partial charge in [0.2, 0.25) is 0 Å². The zero-order valence-corrected chi connectivity index (χ0v) is 12.8. The van der Waals surface area contributed by atoms with Crippen molar-refractivity contribution in [3.05, 3.63) is 58.1 Å². The van der Waals surface area contributed by atoms with Gasteiger partial charge in [-0.1, -0.05) is 13.0 Å². The van der Waals surface area contributed by atoms with Gasteiger partial charge in [0, 0.05) is 34.8 Å². The van der Waals surface area contributed by atoms with Crippen molar-refractivity contribution in [3.8, 4) is 0 Å². The minimum Gasteiger partial charge on any atom is -0.310 e. The van der Waals surface area contributed by atoms with Gasteiger partial charge in [0.15, 0.2) is 0 Å². The number of halogens is 1. The van der Waals surface area contributed by atoms with Gasteiger partial charge in [-0.15, -0.1) is 0 Å². The topological polar surface area (TPSA) is 37.8 Å². The quantitative estimate of drug-likeness (QED) is 0.917. The molecule has 4 heteroatoms. The van der Waals surface area contributed by atoms with Crippen LogP contribution in [0.25, 0.3) is 0 Å². The summed E-state index contributed by atoms with van der Waals surface area (Å²) in [6.45, 7) is 5.05. The number of nitrogens with zero attached hydrogens (tertiary/aromatic N) is 2. The van der Waals surface area contributed by atoms with Gasteiger partial charge in [-0.25, -0.2) is 0 Å². The lowest BCUT2D eigenvalue weighted by Gasteiger charge is -2.18. The lowest BCUT2D eigenvalue weighted by Crippen LogP contribution is -2.23. The largest absolute Gasteiger partial charge is 0.310 e. The minimum absolute atomic E-state index is 0.272. The van der Waals surface area contributed by atoms with Crippen molar-refractivity contribution in [1.82, 2.24) is 15.3 Å². The second kappa shape index (κ2) is 6.78. The highest BCUT2D eigenvalue weighted by atomic mass is 79.9. The Morgan fingerprint density at radius 2 is 2.11 bits per heavy atom. The molecule has 0 amide bonds. The Balaban J connectivity index is 2.18. The van der Waals surface area contributed by atoms with Crippen molar-refractivity contribution in [2.24, 2.45) is 0 Å². The number of rotatable bonds is 5. The third-order valence-corrected chi connectivity index (χ3v) is 3.42. The first-order valence-electron chi connectivity index (χ1n) is 6.44. The number of hydrogen-bond acceptors (Lipinski definition) is 3. The fraction of sp³-hybridized carbons (Fsp3) is 0.333. The fourth-order valence-electron chi connectivity index (χ4n) is 2.04. The van der Waals surface area contributed by atoms with E-state index in [1.165, 1.54) is 11.1 Å². The van der Waals surface area contributed by atoms with E-state index in [4.69, 9.17) is 0 Å². The highest BCUT2D eigenvalue weighted by Gasteiger charge is 2.11. The van der Waals surface area contributed by atoms with Crippen LogP contribution in [-0.2, 0) is 6.42 Å². The van der Waals surface area contributed by atoms with E-state index >= 15 is 0 Å². The number of aromatic nitrogens is 2. The summed E-state index contributed by atoms with van der Waals surface area (Å²) in [4.78, 5) is 8.59. The average Bonchev–Trinajstić information content (AvgIpc) is 2.39. The Hall–Kier alpha value is -1.26. The average molecular weight is 320 g/mol. The molecule has 2 aromatic heterocycles. The third-order valence-electron chi connectivity index (χ3n) is 2.99. The Bertz CT molecular complexity index is 525. The molecule has 0 aliphatic rings. The van der Waals surface area contributed by atoms with Crippen LogP contribution in [0.15, 0.2) is 41.3 Å². The molecule has 0 fully saturated rings. The standard InChI is InChI=1S/C15H18BrN3/c1-3-18-15(13-5-4-11(2)19-9-13)7-12-6-14(16)10-17-8-12/h4-6,8-10,15,18H,3,7H2,1-2H3. The molecule has 0 saturated heterocycles. The predicted molar refractivity (Wildman–Crippen MR) is 81.0 cm³/mol. The highest BCUT2D eigenvalue weighted by Crippen LogP contribution is 2.19. The van der Waals surface area contributed by atoms with Crippen molar-refractivity contribution >= 4 is 15.9 Å². The molecular formula is C15H18BrN3. The van der Waals surface area contributed by atoms with Crippen LogP contribution in [0.3, 0.4) is 0 Å². The predicted octanol–water partition coefficient (Wildman–Crippen LogP) is 3.44. The molecule has 0 spiro atoms. The van der Waals surface area contributed by atoms with Crippen molar-refractivity contribution < 1.29 is 0 Å². The van der Waals surface area contributed by atoms with Crippen LogP contribution >= 0.6 is 15.9 Å². The van der Waals surface area contributed by atoms with Crippen LogP contribution in [0.2, 0.25) is 0 Å². The molecule has 1 unspecified atom stereocenters. The maximum atomic E-state index is 4.38. The van der Waals surface area contributed by atoms with Gasteiger partial charge in [0.25, 0.3) is 0 Å². The molecule has 0 bridgehead atoms. The summed E-state index contributed by atoms with van der Waals surface area (Å²) in [6.07, 6.45) is 6.58. The highest BCUT2D eigenvalue weighted by molar-refractivity contribution is 9.10. The number of pyridine rings is 2. The Kier molecular flexibility index (Phi) is 5.05. The van der Waals surface area contributed by atoms with Gasteiger partial charge in [-0.05, 0) is 59.1 Å². The molecule has 0 aromatic carbocycles. The lowest BCUT2D eigenvalue weighted by molar-refractivity contribution is 0.547. The van der Waals surface area contributed by atoms with Crippen molar-refractivity contribution in [3.63, 3.8) is 0 Å². The van der Waals surface area contributed by atoms with E-state index in [9.17, 15) is 0 Å². The molecular weight excluding hydrogens is 302 g/mol. The molecule has 1 atom stereocenters. The number of nitrogens with one attached hydrogen (secondary N) is 1. The van der Waals surface area contributed by atoms with Crippen LogP contribution < -0.4 is 5.32 Å². The minimum atomic E-state index is 0.272. The first kappa shape index (κ1) is 14.2. The first-order chi connectivity index (χ1) is 9.19. The summed E-state index contributed by atoms with van der Waals surface area (Å²) in [6, 6.07) is 6.58. The molecule has 3 nitrogen and oxygen atoms in total. The zero-order valence-electron chi connectivity index (χ0n) is 11.2. The molecule has 2 heterocycles. The first-order valence-corrected chi connectivity index (χ1v) is 7.23. The van der Waals surface area contributed by atoms with Crippen LogP contribution in [0, 0.1) is 6.92 Å². The Morgan fingerprint density at radius 3 is 2.74 bits per heavy atom. The van der Waals surface area contributed by atoms with Crippen molar-refractivity contribution in [1.29, 1.82) is 0 Å². The second-order valence-corrected chi connectivity index (χ2v) is 5.47. The number of likely N-dealkylation sites (N-methyl/N-ethyl adjacent to an activating group) is 1. The number of aryl methyl sites for hydroxylation is 1. The smallest absolute Gasteiger partial charge is 0.0410 e. The van der Waals surface area contributed by atoms with Crippen LogP contribution in [0.1, 0.15) is 29.8 Å². The van der Waals surface area contributed by atoms with Crippen LogP contribution in [-0.4, -0.2) is 16.5 Å². The lowest BCUT2D eigenvalue weighted by atomic mass is 10.0. The maximum Gasteiger partial charge on any atom is 0.0410 e. The van der Waals surface area contributed by atoms with E-state index in [1.54, 1.807) is 6.20 Å². The van der Waals surface area contributed by atoms with E-state index < -0.39 is 0 Å². The molecule has 0 aliphatic heterocycles. The van der Waals surface area contributed by atoms with Gasteiger partial charge in [-0.2, -0.15) is 0 Å². The SMILES string of the molecule is CCNC(Cc1cncc(Br)c1)c1ccc(C)nc1. The summed E-state index contributed by atoms with van der Waals surface area (Å²) in [5, 5.41) is 3.50. The number of hydrogen-bond donors (Lipinski definition) is 1. The van der Waals surface area contributed by atoms with Gasteiger partial charge in [0.1, 0.15) is 0 Å². The maximum absolute atomic E-state index is 4.38. The van der Waals surface area contributed by atoms with Crippen molar-refractivity contribution in [2.45, 2.75) is 26.3 Å². The fourth-order valence-corrected chi connectivity index (χ4v) is 2.46. The third kappa shape index (κ3) is 4.11. The van der Waals surface area contributed by atoms with E-state index in [1.807, 2.05) is 19.3 Å². The molecule has 0 saturated carbocycles. The van der Waals surface area contributed by atoms with Crippen LogP contribution in [0.4, 0.5) is 0 Å². The molecule has 0 aliphatic carbocycles. The second-order valence-electron chi connectivity index (χ2n) is 4.56.